The van der Waals surface area contributed by atoms with Gasteiger partial charge in [0.1, 0.15) is 5.65 Å². The fourth-order valence-corrected chi connectivity index (χ4v) is 4.43. The van der Waals surface area contributed by atoms with Gasteiger partial charge in [-0.1, -0.05) is 33.1 Å². The summed E-state index contributed by atoms with van der Waals surface area (Å²) in [6, 6.07) is 11.9. The maximum Gasteiger partial charge on any atom is 0.252 e. The maximum absolute atomic E-state index is 12.7. The number of hydrogen-bond acceptors (Lipinski definition) is 6. The number of rotatable bonds is 9. The van der Waals surface area contributed by atoms with E-state index in [0.717, 1.165) is 50.1 Å². The number of pyridine rings is 1. The zero-order chi connectivity index (χ0) is 23.2. The molecule has 7 nitrogen and oxygen atoms in total. The summed E-state index contributed by atoms with van der Waals surface area (Å²) in [6.07, 6.45) is 6.34. The van der Waals surface area contributed by atoms with E-state index < -0.39 is 0 Å². The van der Waals surface area contributed by atoms with Crippen LogP contribution in [0.1, 0.15) is 39.5 Å². The summed E-state index contributed by atoms with van der Waals surface area (Å²) >= 11 is 0. The minimum absolute atomic E-state index is 0.00127. The standard InChI is InChI=1S/C26H36N6O/c1-4-6-7-20(5-2)19-32-24(33)13-8-21-18-27-26(29-25(21)32)28-22-9-11-23(12-10-22)31-16-14-30(3)15-17-31/h8-13,18,20H,4-7,14-17,19H2,1-3H3,(H,27,28,29). The number of nitrogens with one attached hydrogen (secondary N) is 1. The molecule has 1 fully saturated rings. The van der Waals surface area contributed by atoms with Gasteiger partial charge in [-0.2, -0.15) is 4.98 Å². The van der Waals surface area contributed by atoms with Crippen molar-refractivity contribution in [1.29, 1.82) is 0 Å². The molecule has 4 rings (SSSR count). The summed E-state index contributed by atoms with van der Waals surface area (Å²) in [5.41, 5.74) is 2.87. The van der Waals surface area contributed by atoms with E-state index in [-0.39, 0.29) is 5.56 Å². The molecule has 0 spiro atoms. The highest BCUT2D eigenvalue weighted by Crippen LogP contribution is 2.22. The van der Waals surface area contributed by atoms with Gasteiger partial charge in [0.15, 0.2) is 0 Å². The molecule has 7 heteroatoms. The highest BCUT2D eigenvalue weighted by atomic mass is 16.1. The molecule has 1 N–H and O–H groups in total. The highest BCUT2D eigenvalue weighted by molar-refractivity contribution is 5.75. The quantitative estimate of drug-likeness (QED) is 0.520. The SMILES string of the molecule is CCCCC(CC)Cn1c(=O)ccc2cnc(Nc3ccc(N4CCN(C)CC4)cc3)nc21. The number of fused-ring (bicyclic) bond motifs is 1. The van der Waals surface area contributed by atoms with Gasteiger partial charge in [0.05, 0.1) is 0 Å². The second-order valence-electron chi connectivity index (χ2n) is 9.13. The molecule has 33 heavy (non-hydrogen) atoms. The lowest BCUT2D eigenvalue weighted by Gasteiger charge is -2.34. The Hall–Kier alpha value is -2.93. The number of likely N-dealkylation sites (N-methyl/N-ethyl adjacent to an activating group) is 1. The summed E-state index contributed by atoms with van der Waals surface area (Å²) in [7, 11) is 2.17. The summed E-state index contributed by atoms with van der Waals surface area (Å²) in [5, 5.41) is 4.20. The monoisotopic (exact) mass is 448 g/mol. The van der Waals surface area contributed by atoms with E-state index in [1.807, 2.05) is 10.6 Å². The average Bonchev–Trinajstić information content (AvgIpc) is 2.84. The number of hydrogen-bond donors (Lipinski definition) is 1. The molecular weight excluding hydrogens is 412 g/mol. The zero-order valence-electron chi connectivity index (χ0n) is 20.1. The zero-order valence-corrected chi connectivity index (χ0v) is 20.1. The van der Waals surface area contributed by atoms with Crippen LogP contribution in [0.3, 0.4) is 0 Å². The molecule has 0 bridgehead atoms. The van der Waals surface area contributed by atoms with E-state index in [4.69, 9.17) is 4.98 Å². The van der Waals surface area contributed by atoms with E-state index >= 15 is 0 Å². The average molecular weight is 449 g/mol. The molecule has 1 aliphatic heterocycles. The number of piperazine rings is 1. The predicted molar refractivity (Wildman–Crippen MR) is 137 cm³/mol. The fourth-order valence-electron chi connectivity index (χ4n) is 4.43. The van der Waals surface area contributed by atoms with Crippen LogP contribution in [0.15, 0.2) is 47.4 Å². The molecule has 1 aromatic carbocycles. The molecule has 176 valence electrons. The topological polar surface area (TPSA) is 66.3 Å². The molecule has 3 heterocycles. The predicted octanol–water partition coefficient (Wildman–Crippen LogP) is 4.50. The van der Waals surface area contributed by atoms with Gasteiger partial charge in [0.2, 0.25) is 5.95 Å². The first kappa shape index (κ1) is 23.2. The Kier molecular flexibility index (Phi) is 7.60. The lowest BCUT2D eigenvalue weighted by molar-refractivity contribution is 0.313. The van der Waals surface area contributed by atoms with Crippen LogP contribution in [-0.4, -0.2) is 52.7 Å². The van der Waals surface area contributed by atoms with Crippen molar-refractivity contribution in [3.63, 3.8) is 0 Å². The number of nitrogens with zero attached hydrogens (tertiary/aromatic N) is 5. The third-order valence-electron chi connectivity index (χ3n) is 6.70. The minimum atomic E-state index is -0.00127. The van der Waals surface area contributed by atoms with Crippen LogP contribution in [0.5, 0.6) is 0 Å². The van der Waals surface area contributed by atoms with Gasteiger partial charge in [-0.3, -0.25) is 9.36 Å². The molecule has 0 amide bonds. The van der Waals surface area contributed by atoms with Crippen LogP contribution >= 0.6 is 0 Å². The highest BCUT2D eigenvalue weighted by Gasteiger charge is 2.15. The second-order valence-corrected chi connectivity index (χ2v) is 9.13. The van der Waals surface area contributed by atoms with Gasteiger partial charge in [0, 0.05) is 61.7 Å². The minimum Gasteiger partial charge on any atom is -0.369 e. The van der Waals surface area contributed by atoms with Crippen LogP contribution in [0.2, 0.25) is 0 Å². The third kappa shape index (κ3) is 5.71. The summed E-state index contributed by atoms with van der Waals surface area (Å²) < 4.78 is 1.82. The number of benzene rings is 1. The van der Waals surface area contributed by atoms with E-state index in [0.29, 0.717) is 24.1 Å². The molecule has 1 aliphatic rings. The first-order valence-corrected chi connectivity index (χ1v) is 12.2. The van der Waals surface area contributed by atoms with Crippen molar-refractivity contribution in [2.75, 3.05) is 43.4 Å². The molecule has 1 atom stereocenters. The second kappa shape index (κ2) is 10.8. The van der Waals surface area contributed by atoms with Crippen LogP contribution in [0.25, 0.3) is 11.0 Å². The van der Waals surface area contributed by atoms with Gasteiger partial charge >= 0.3 is 0 Å². The maximum atomic E-state index is 12.7. The first-order chi connectivity index (χ1) is 16.1. The van der Waals surface area contributed by atoms with Crippen molar-refractivity contribution in [3.8, 4) is 0 Å². The van der Waals surface area contributed by atoms with E-state index in [9.17, 15) is 4.79 Å². The summed E-state index contributed by atoms with van der Waals surface area (Å²) in [5.74, 6) is 0.984. The van der Waals surface area contributed by atoms with Crippen molar-refractivity contribution in [1.82, 2.24) is 19.4 Å². The smallest absolute Gasteiger partial charge is 0.252 e. The van der Waals surface area contributed by atoms with Crippen LogP contribution in [0, 0.1) is 5.92 Å². The van der Waals surface area contributed by atoms with Gasteiger partial charge in [-0.25, -0.2) is 4.98 Å². The van der Waals surface area contributed by atoms with Gasteiger partial charge < -0.3 is 15.1 Å². The van der Waals surface area contributed by atoms with Crippen molar-refractivity contribution >= 4 is 28.4 Å². The third-order valence-corrected chi connectivity index (χ3v) is 6.70. The number of aromatic nitrogens is 3. The van der Waals surface area contributed by atoms with Gasteiger partial charge in [0.25, 0.3) is 5.56 Å². The fraction of sp³-hybridized carbons (Fsp3) is 0.500. The Balaban J connectivity index is 1.53. The lowest BCUT2D eigenvalue weighted by atomic mass is 9.99. The van der Waals surface area contributed by atoms with Crippen molar-refractivity contribution in [3.05, 3.63) is 52.9 Å². The van der Waals surface area contributed by atoms with E-state index in [1.54, 1.807) is 12.3 Å². The molecule has 1 unspecified atom stereocenters. The molecule has 0 aliphatic carbocycles. The molecule has 1 saturated heterocycles. The molecule has 0 saturated carbocycles. The van der Waals surface area contributed by atoms with Gasteiger partial charge in [-0.05, 0) is 49.7 Å². The molecule has 3 aromatic rings. The van der Waals surface area contributed by atoms with Crippen LogP contribution < -0.4 is 15.8 Å². The first-order valence-electron chi connectivity index (χ1n) is 12.2. The van der Waals surface area contributed by atoms with E-state index in [2.05, 4.69) is 65.3 Å². The van der Waals surface area contributed by atoms with Crippen molar-refractivity contribution in [2.45, 2.75) is 46.1 Å². The Morgan fingerprint density at radius 1 is 1.03 bits per heavy atom. The lowest BCUT2D eigenvalue weighted by Crippen LogP contribution is -2.44. The Labute approximate surface area is 196 Å². The molecule has 2 aromatic heterocycles. The summed E-state index contributed by atoms with van der Waals surface area (Å²) in [4.78, 5) is 26.7. The van der Waals surface area contributed by atoms with Crippen LogP contribution in [-0.2, 0) is 6.54 Å². The largest absolute Gasteiger partial charge is 0.369 e. The van der Waals surface area contributed by atoms with Crippen molar-refractivity contribution < 1.29 is 0 Å². The number of unbranched alkanes of at least 4 members (excludes halogenated alkanes) is 1. The molecule has 0 radical (unpaired) electrons. The summed E-state index contributed by atoms with van der Waals surface area (Å²) in [6.45, 7) is 9.37. The van der Waals surface area contributed by atoms with Gasteiger partial charge in [-0.15, -0.1) is 0 Å². The Bertz CT molecular complexity index is 1100. The normalized spacial score (nSPS) is 15.7. The number of anilines is 3. The Morgan fingerprint density at radius 3 is 2.48 bits per heavy atom. The van der Waals surface area contributed by atoms with Crippen LogP contribution in [0.4, 0.5) is 17.3 Å². The van der Waals surface area contributed by atoms with Crippen molar-refractivity contribution in [2.24, 2.45) is 5.92 Å². The van der Waals surface area contributed by atoms with E-state index in [1.165, 1.54) is 18.5 Å². The Morgan fingerprint density at radius 2 is 1.79 bits per heavy atom. The molecular formula is C26H36N6O.